The fraction of sp³-hybridized carbons (Fsp3) is 0.500. The molecule has 0 aliphatic carbocycles. The molecule has 1 aliphatic heterocycles. The molecule has 0 saturated carbocycles. The minimum absolute atomic E-state index is 0.0854. The van der Waals surface area contributed by atoms with E-state index in [1.54, 1.807) is 7.11 Å². The molecule has 0 aromatic heterocycles. The van der Waals surface area contributed by atoms with E-state index >= 15 is 0 Å². The Hall–Kier alpha value is -0.820. The number of rotatable bonds is 3. The van der Waals surface area contributed by atoms with Crippen molar-refractivity contribution in [3.63, 3.8) is 0 Å². The molecule has 19 heavy (non-hydrogen) atoms. The summed E-state index contributed by atoms with van der Waals surface area (Å²) in [5.74, 6) is 0.858. The summed E-state index contributed by atoms with van der Waals surface area (Å²) in [7, 11) is 1.63. The Bertz CT molecular complexity index is 465. The lowest BCUT2D eigenvalue weighted by molar-refractivity contribution is 0.0622. The first-order chi connectivity index (χ1) is 9.17. The summed E-state index contributed by atoms with van der Waals surface area (Å²) >= 11 is 2.18. The van der Waals surface area contributed by atoms with Crippen LogP contribution >= 0.6 is 22.6 Å². The summed E-state index contributed by atoms with van der Waals surface area (Å²) in [4.78, 5) is 14.5. The minimum Gasteiger partial charge on any atom is -0.497 e. The molecule has 1 fully saturated rings. The maximum absolute atomic E-state index is 12.6. The van der Waals surface area contributed by atoms with Gasteiger partial charge in [-0.1, -0.05) is 0 Å². The van der Waals surface area contributed by atoms with Gasteiger partial charge in [0.05, 0.1) is 12.7 Å². The topological polar surface area (TPSA) is 55.6 Å². The van der Waals surface area contributed by atoms with Gasteiger partial charge in [0.1, 0.15) is 5.75 Å². The Morgan fingerprint density at radius 3 is 2.95 bits per heavy atom. The van der Waals surface area contributed by atoms with E-state index < -0.39 is 0 Å². The summed E-state index contributed by atoms with van der Waals surface area (Å²) in [6.45, 7) is 1.35. The number of ether oxygens (including phenoxy) is 1. The van der Waals surface area contributed by atoms with Gasteiger partial charge in [0.15, 0.2) is 0 Å². The third kappa shape index (κ3) is 3.20. The van der Waals surface area contributed by atoms with Gasteiger partial charge < -0.3 is 15.4 Å². The van der Waals surface area contributed by atoms with Crippen molar-refractivity contribution in [2.45, 2.75) is 25.3 Å². The highest BCUT2D eigenvalue weighted by atomic mass is 127. The maximum Gasteiger partial charge on any atom is 0.255 e. The highest BCUT2D eigenvalue weighted by Gasteiger charge is 2.27. The SMILES string of the molecule is COc1ccc(C(=O)N2CCCCC2CN)c(I)c1. The molecular weight excluding hydrogens is 355 g/mol. The summed E-state index contributed by atoms with van der Waals surface area (Å²) in [5, 5.41) is 0. The number of nitrogens with two attached hydrogens (primary N) is 1. The number of amides is 1. The van der Waals surface area contributed by atoms with Gasteiger partial charge >= 0.3 is 0 Å². The summed E-state index contributed by atoms with van der Waals surface area (Å²) < 4.78 is 6.09. The van der Waals surface area contributed by atoms with E-state index in [0.29, 0.717) is 6.54 Å². The van der Waals surface area contributed by atoms with Crippen LogP contribution in [-0.4, -0.2) is 37.0 Å². The van der Waals surface area contributed by atoms with Crippen LogP contribution in [0.3, 0.4) is 0 Å². The minimum atomic E-state index is 0.0854. The first kappa shape index (κ1) is 14.6. The molecule has 1 aliphatic rings. The van der Waals surface area contributed by atoms with Crippen molar-refractivity contribution in [1.29, 1.82) is 0 Å². The standard InChI is InChI=1S/C14H19IN2O2/c1-19-11-5-6-12(13(15)8-11)14(18)17-7-3-2-4-10(17)9-16/h5-6,8,10H,2-4,7,9,16H2,1H3. The molecule has 4 nitrogen and oxygen atoms in total. The van der Waals surface area contributed by atoms with Crippen molar-refractivity contribution in [3.05, 3.63) is 27.3 Å². The fourth-order valence-corrected chi connectivity index (χ4v) is 3.18. The summed E-state index contributed by atoms with van der Waals surface area (Å²) in [6, 6.07) is 5.73. The van der Waals surface area contributed by atoms with Gasteiger partial charge in [0.2, 0.25) is 0 Å². The molecule has 1 heterocycles. The van der Waals surface area contributed by atoms with Crippen molar-refractivity contribution in [2.24, 2.45) is 5.73 Å². The lowest BCUT2D eigenvalue weighted by Crippen LogP contribution is -2.47. The predicted octanol–water partition coefficient (Wildman–Crippen LogP) is 2.25. The van der Waals surface area contributed by atoms with Crippen LogP contribution < -0.4 is 10.5 Å². The van der Waals surface area contributed by atoms with Crippen LogP contribution in [0.15, 0.2) is 18.2 Å². The van der Waals surface area contributed by atoms with E-state index in [9.17, 15) is 4.79 Å². The summed E-state index contributed by atoms with van der Waals surface area (Å²) in [6.07, 6.45) is 3.23. The van der Waals surface area contributed by atoms with E-state index in [4.69, 9.17) is 10.5 Å². The van der Waals surface area contributed by atoms with Crippen molar-refractivity contribution in [3.8, 4) is 5.75 Å². The van der Waals surface area contributed by atoms with Gasteiger partial charge in [-0.2, -0.15) is 0 Å². The smallest absolute Gasteiger partial charge is 0.255 e. The Labute approximate surface area is 127 Å². The average Bonchev–Trinajstić information content (AvgIpc) is 2.46. The first-order valence-electron chi connectivity index (χ1n) is 6.52. The second-order valence-corrected chi connectivity index (χ2v) is 5.89. The monoisotopic (exact) mass is 374 g/mol. The van der Waals surface area contributed by atoms with Crippen LogP contribution in [0.25, 0.3) is 0 Å². The molecule has 0 spiro atoms. The molecule has 104 valence electrons. The zero-order chi connectivity index (χ0) is 13.8. The Morgan fingerprint density at radius 1 is 1.53 bits per heavy atom. The normalized spacial score (nSPS) is 19.3. The molecule has 1 aromatic rings. The molecule has 2 N–H and O–H groups in total. The molecule has 1 atom stereocenters. The zero-order valence-corrected chi connectivity index (χ0v) is 13.2. The number of piperidine rings is 1. The number of carbonyl (C=O) groups excluding carboxylic acids is 1. The second-order valence-electron chi connectivity index (χ2n) is 4.73. The highest BCUT2D eigenvalue weighted by Crippen LogP contribution is 2.24. The van der Waals surface area contributed by atoms with E-state index in [2.05, 4.69) is 22.6 Å². The number of likely N-dealkylation sites (tertiary alicyclic amines) is 1. The van der Waals surface area contributed by atoms with Gasteiger partial charge in [0.25, 0.3) is 5.91 Å². The Balaban J connectivity index is 2.23. The van der Waals surface area contributed by atoms with Crippen LogP contribution in [0.4, 0.5) is 0 Å². The van der Waals surface area contributed by atoms with Gasteiger partial charge in [0, 0.05) is 22.7 Å². The Morgan fingerprint density at radius 2 is 2.32 bits per heavy atom. The van der Waals surface area contributed by atoms with Gasteiger partial charge in [-0.05, 0) is 60.1 Å². The molecule has 5 heteroatoms. The van der Waals surface area contributed by atoms with Crippen LogP contribution in [0.1, 0.15) is 29.6 Å². The largest absolute Gasteiger partial charge is 0.497 e. The van der Waals surface area contributed by atoms with Crippen molar-refractivity contribution in [2.75, 3.05) is 20.2 Å². The van der Waals surface area contributed by atoms with Gasteiger partial charge in [-0.15, -0.1) is 0 Å². The molecule has 0 bridgehead atoms. The predicted molar refractivity (Wildman–Crippen MR) is 83.4 cm³/mol. The van der Waals surface area contributed by atoms with Gasteiger partial charge in [-0.3, -0.25) is 4.79 Å². The van der Waals surface area contributed by atoms with E-state index in [1.807, 2.05) is 23.1 Å². The van der Waals surface area contributed by atoms with Crippen molar-refractivity contribution in [1.82, 2.24) is 4.90 Å². The number of nitrogens with zero attached hydrogens (tertiary/aromatic N) is 1. The molecule has 1 amide bonds. The average molecular weight is 374 g/mol. The second kappa shape index (κ2) is 6.56. The molecule has 1 unspecified atom stereocenters. The number of hydrogen-bond donors (Lipinski definition) is 1. The molecule has 1 aromatic carbocycles. The third-order valence-corrected chi connectivity index (χ3v) is 4.46. The van der Waals surface area contributed by atoms with E-state index in [1.165, 1.54) is 0 Å². The van der Waals surface area contributed by atoms with Crippen molar-refractivity contribution < 1.29 is 9.53 Å². The Kier molecular flexibility index (Phi) is 5.04. The van der Waals surface area contributed by atoms with Crippen LogP contribution in [0, 0.1) is 3.57 Å². The number of hydrogen-bond acceptors (Lipinski definition) is 3. The van der Waals surface area contributed by atoms with Crippen LogP contribution in [-0.2, 0) is 0 Å². The lowest BCUT2D eigenvalue weighted by atomic mass is 10.0. The number of halogens is 1. The summed E-state index contributed by atoms with van der Waals surface area (Å²) in [5.41, 5.74) is 6.52. The highest BCUT2D eigenvalue weighted by molar-refractivity contribution is 14.1. The van der Waals surface area contributed by atoms with Crippen LogP contribution in [0.5, 0.6) is 5.75 Å². The number of carbonyl (C=O) groups is 1. The zero-order valence-electron chi connectivity index (χ0n) is 11.1. The van der Waals surface area contributed by atoms with Gasteiger partial charge in [-0.25, -0.2) is 0 Å². The van der Waals surface area contributed by atoms with E-state index in [0.717, 1.165) is 40.7 Å². The lowest BCUT2D eigenvalue weighted by Gasteiger charge is -2.35. The van der Waals surface area contributed by atoms with E-state index in [-0.39, 0.29) is 11.9 Å². The molecule has 1 saturated heterocycles. The molecule has 2 rings (SSSR count). The molecular formula is C14H19IN2O2. The first-order valence-corrected chi connectivity index (χ1v) is 7.60. The number of methoxy groups -OCH3 is 1. The maximum atomic E-state index is 12.6. The number of benzene rings is 1. The quantitative estimate of drug-likeness (QED) is 0.826. The fourth-order valence-electron chi connectivity index (χ4n) is 2.46. The third-order valence-electron chi connectivity index (χ3n) is 3.57. The molecule has 0 radical (unpaired) electrons. The van der Waals surface area contributed by atoms with Crippen LogP contribution in [0.2, 0.25) is 0 Å². The van der Waals surface area contributed by atoms with Crippen molar-refractivity contribution >= 4 is 28.5 Å².